The van der Waals surface area contributed by atoms with Crippen molar-refractivity contribution >= 4 is 18.2 Å². The largest absolute Gasteiger partial charge is 0.497 e. The average Bonchev–Trinajstić information content (AvgIpc) is 2.54. The number of rotatable bonds is 2. The number of ether oxygens (including phenoxy) is 2. The molecule has 1 N–H and O–H groups in total. The zero-order valence-corrected chi connectivity index (χ0v) is 15.4. The Hall–Kier alpha value is -1.10. The number of hydrogen-bond acceptors (Lipinski definition) is 4. The van der Waals surface area contributed by atoms with E-state index in [9.17, 15) is 4.79 Å². The highest BCUT2D eigenvalue weighted by atomic mass is 35.5. The van der Waals surface area contributed by atoms with Gasteiger partial charge in [-0.2, -0.15) is 0 Å². The lowest BCUT2D eigenvalue weighted by Crippen LogP contribution is -2.76. The van der Waals surface area contributed by atoms with E-state index in [1.165, 1.54) is 11.1 Å². The molecule has 1 aromatic carbocycles. The third kappa shape index (κ3) is 2.03. The van der Waals surface area contributed by atoms with E-state index in [1.807, 2.05) is 13.2 Å². The number of ketones is 1. The number of hydrogen-bond donors (Lipinski definition) is 1. The standard InChI is InChI=1S/C19H25NO3.ClH/c1-12-8-14(21)11-18-6-7-20-17(19(12,18)23-3)9-13-4-5-15(22-2)10-16(13)18;/h4-5,10,12,17,20H,6-9,11H2,1-3H3;1H/t12-,17-,18+,19-;/m1./s1. The number of carbonyl (C=O) groups excluding carboxylic acids is 1. The molecule has 0 spiro atoms. The summed E-state index contributed by atoms with van der Waals surface area (Å²) < 4.78 is 11.7. The van der Waals surface area contributed by atoms with Crippen LogP contribution in [0.3, 0.4) is 0 Å². The van der Waals surface area contributed by atoms with Crippen LogP contribution >= 0.6 is 12.4 Å². The molecule has 0 aromatic heterocycles. The van der Waals surface area contributed by atoms with Crippen molar-refractivity contribution in [2.75, 3.05) is 20.8 Å². The molecule has 2 bridgehead atoms. The lowest BCUT2D eigenvalue weighted by Gasteiger charge is -2.64. The monoisotopic (exact) mass is 351 g/mol. The Bertz CT molecular complexity index is 664. The summed E-state index contributed by atoms with van der Waals surface area (Å²) in [5, 5.41) is 3.68. The molecule has 2 aliphatic carbocycles. The van der Waals surface area contributed by atoms with Crippen LogP contribution < -0.4 is 10.1 Å². The quantitative estimate of drug-likeness (QED) is 0.890. The van der Waals surface area contributed by atoms with Gasteiger partial charge in [0.25, 0.3) is 0 Å². The molecule has 0 amide bonds. The fourth-order valence-corrected chi connectivity index (χ4v) is 5.81. The van der Waals surface area contributed by atoms with Gasteiger partial charge in [-0.05, 0) is 48.6 Å². The van der Waals surface area contributed by atoms with Crippen molar-refractivity contribution in [3.05, 3.63) is 29.3 Å². The molecule has 4 nitrogen and oxygen atoms in total. The zero-order valence-electron chi connectivity index (χ0n) is 14.6. The number of benzene rings is 1. The number of halogens is 1. The topological polar surface area (TPSA) is 47.6 Å². The van der Waals surface area contributed by atoms with Crippen LogP contribution in [0.1, 0.15) is 37.3 Å². The second kappa shape index (κ2) is 6.01. The van der Waals surface area contributed by atoms with E-state index in [4.69, 9.17) is 9.47 Å². The lowest BCUT2D eigenvalue weighted by atomic mass is 9.47. The van der Waals surface area contributed by atoms with E-state index in [-0.39, 0.29) is 35.4 Å². The van der Waals surface area contributed by atoms with Gasteiger partial charge in [-0.1, -0.05) is 13.0 Å². The zero-order chi connectivity index (χ0) is 16.2. The fourth-order valence-electron chi connectivity index (χ4n) is 5.81. The number of nitrogens with one attached hydrogen (secondary N) is 1. The molecule has 132 valence electrons. The summed E-state index contributed by atoms with van der Waals surface area (Å²) in [4.78, 5) is 12.5. The van der Waals surface area contributed by atoms with Crippen LogP contribution in [0.4, 0.5) is 0 Å². The minimum absolute atomic E-state index is 0. The minimum atomic E-state index is -0.307. The first-order chi connectivity index (χ1) is 11.1. The third-order valence-electron chi connectivity index (χ3n) is 6.57. The van der Waals surface area contributed by atoms with Crippen LogP contribution in [0.5, 0.6) is 5.75 Å². The molecule has 1 saturated carbocycles. The van der Waals surface area contributed by atoms with Crippen molar-refractivity contribution in [3.63, 3.8) is 0 Å². The summed E-state index contributed by atoms with van der Waals surface area (Å²) in [6, 6.07) is 6.61. The summed E-state index contributed by atoms with van der Waals surface area (Å²) in [5.41, 5.74) is 2.07. The SMILES string of the molecule is COc1ccc2c(c1)[C@@]13CCN[C@H](C2)[C@]1(OC)[C@H](C)CC(=O)C3.Cl. The van der Waals surface area contributed by atoms with Gasteiger partial charge in [-0.15, -0.1) is 12.4 Å². The summed E-state index contributed by atoms with van der Waals surface area (Å²) in [5.74, 6) is 1.44. The van der Waals surface area contributed by atoms with Gasteiger partial charge < -0.3 is 14.8 Å². The summed E-state index contributed by atoms with van der Waals surface area (Å²) in [6.45, 7) is 3.12. The fraction of sp³-hybridized carbons (Fsp3) is 0.632. The first-order valence-electron chi connectivity index (χ1n) is 8.55. The first-order valence-corrected chi connectivity index (χ1v) is 8.55. The van der Waals surface area contributed by atoms with Gasteiger partial charge in [0, 0.05) is 31.4 Å². The molecule has 0 radical (unpaired) electrons. The molecule has 1 aromatic rings. The predicted molar refractivity (Wildman–Crippen MR) is 95.2 cm³/mol. The molecule has 4 rings (SSSR count). The molecule has 0 unspecified atom stereocenters. The van der Waals surface area contributed by atoms with Crippen molar-refractivity contribution in [3.8, 4) is 5.75 Å². The maximum Gasteiger partial charge on any atom is 0.134 e. The molecule has 4 atom stereocenters. The van der Waals surface area contributed by atoms with Crippen molar-refractivity contribution in [1.29, 1.82) is 0 Å². The molecule has 24 heavy (non-hydrogen) atoms. The normalized spacial score (nSPS) is 37.0. The van der Waals surface area contributed by atoms with E-state index in [1.54, 1.807) is 7.11 Å². The average molecular weight is 352 g/mol. The van der Waals surface area contributed by atoms with Gasteiger partial charge in [-0.25, -0.2) is 0 Å². The van der Waals surface area contributed by atoms with E-state index >= 15 is 0 Å². The Balaban J connectivity index is 0.00000169. The van der Waals surface area contributed by atoms with Crippen molar-refractivity contribution in [2.45, 2.75) is 49.7 Å². The minimum Gasteiger partial charge on any atom is -0.497 e. The van der Waals surface area contributed by atoms with Gasteiger partial charge in [0.2, 0.25) is 0 Å². The molecule has 3 aliphatic rings. The summed E-state index contributed by atoms with van der Waals surface area (Å²) >= 11 is 0. The Kier molecular flexibility index (Phi) is 4.44. The van der Waals surface area contributed by atoms with E-state index in [2.05, 4.69) is 24.4 Å². The summed E-state index contributed by atoms with van der Waals surface area (Å²) in [6.07, 6.45) is 3.09. The number of carbonyl (C=O) groups is 1. The predicted octanol–water partition coefficient (Wildman–Crippen LogP) is 2.66. The highest BCUT2D eigenvalue weighted by molar-refractivity contribution is 5.85. The highest BCUT2D eigenvalue weighted by Crippen LogP contribution is 2.59. The molecule has 2 fully saturated rings. The molecule has 1 aliphatic heterocycles. The van der Waals surface area contributed by atoms with Gasteiger partial charge in [0.05, 0.1) is 12.7 Å². The van der Waals surface area contributed by atoms with Crippen molar-refractivity contribution < 1.29 is 14.3 Å². The van der Waals surface area contributed by atoms with Crippen LogP contribution in [-0.2, 0) is 21.4 Å². The van der Waals surface area contributed by atoms with Crippen LogP contribution in [0, 0.1) is 5.92 Å². The van der Waals surface area contributed by atoms with Crippen molar-refractivity contribution in [2.24, 2.45) is 5.92 Å². The lowest BCUT2D eigenvalue weighted by molar-refractivity contribution is -0.182. The number of piperidine rings is 1. The molecular formula is C19H26ClNO3. The number of fused-ring (bicyclic) bond motifs is 1. The maximum absolute atomic E-state index is 12.5. The molecule has 5 heteroatoms. The highest BCUT2D eigenvalue weighted by Gasteiger charge is 2.66. The Morgan fingerprint density at radius 1 is 1.25 bits per heavy atom. The molecule has 1 saturated heterocycles. The van der Waals surface area contributed by atoms with Crippen LogP contribution in [0.25, 0.3) is 0 Å². The van der Waals surface area contributed by atoms with E-state index in [0.29, 0.717) is 18.6 Å². The summed E-state index contributed by atoms with van der Waals surface area (Å²) in [7, 11) is 3.53. The van der Waals surface area contributed by atoms with E-state index in [0.717, 1.165) is 25.1 Å². The van der Waals surface area contributed by atoms with Gasteiger partial charge in [0.1, 0.15) is 11.5 Å². The van der Waals surface area contributed by atoms with Crippen LogP contribution in [0.15, 0.2) is 18.2 Å². The molecular weight excluding hydrogens is 326 g/mol. The third-order valence-corrected chi connectivity index (χ3v) is 6.57. The Labute approximate surface area is 149 Å². The Morgan fingerprint density at radius 3 is 2.75 bits per heavy atom. The molecule has 1 heterocycles. The number of methoxy groups -OCH3 is 2. The first kappa shape index (κ1) is 17.7. The van der Waals surface area contributed by atoms with Crippen molar-refractivity contribution in [1.82, 2.24) is 5.32 Å². The van der Waals surface area contributed by atoms with Gasteiger partial charge in [-0.3, -0.25) is 4.79 Å². The second-order valence-corrected chi connectivity index (χ2v) is 7.38. The number of Topliss-reactive ketones (excluding diaryl/α,β-unsaturated/α-hetero) is 1. The van der Waals surface area contributed by atoms with Gasteiger partial charge >= 0.3 is 0 Å². The Morgan fingerprint density at radius 2 is 2.04 bits per heavy atom. The smallest absolute Gasteiger partial charge is 0.134 e. The van der Waals surface area contributed by atoms with Crippen LogP contribution in [-0.4, -0.2) is 38.2 Å². The maximum atomic E-state index is 12.5. The van der Waals surface area contributed by atoms with E-state index < -0.39 is 0 Å². The second-order valence-electron chi connectivity index (χ2n) is 7.38. The van der Waals surface area contributed by atoms with Gasteiger partial charge in [0.15, 0.2) is 0 Å². The van der Waals surface area contributed by atoms with Crippen LogP contribution in [0.2, 0.25) is 0 Å².